The van der Waals surface area contributed by atoms with Crippen molar-refractivity contribution in [2.45, 2.75) is 0 Å². The van der Waals surface area contributed by atoms with E-state index in [-0.39, 0.29) is 0 Å². The van der Waals surface area contributed by atoms with Crippen molar-refractivity contribution in [2.75, 3.05) is 37.3 Å². The standard InChI is InChI=1S/C19H19N3O4S2/c1-28(24,25)22-11-9-21(10-12-22)17-8-7-15(27-17)13-16-18(20-26-19(16)23)14-5-3-2-4-6-14/h2-8,13H,9-12H2,1H3/b16-13+. The third-order valence-electron chi connectivity index (χ3n) is 4.66. The predicted octanol–water partition coefficient (Wildman–Crippen LogP) is 2.17. The lowest BCUT2D eigenvalue weighted by molar-refractivity contribution is -0.136. The van der Waals surface area contributed by atoms with E-state index in [1.54, 1.807) is 17.4 Å². The van der Waals surface area contributed by atoms with E-state index in [0.29, 0.717) is 37.5 Å². The van der Waals surface area contributed by atoms with Gasteiger partial charge in [0.1, 0.15) is 5.71 Å². The fraction of sp³-hybridized carbons (Fsp3) is 0.263. The van der Waals surface area contributed by atoms with Gasteiger partial charge in [0.25, 0.3) is 0 Å². The zero-order valence-corrected chi connectivity index (χ0v) is 16.9. The number of oxime groups is 1. The van der Waals surface area contributed by atoms with Gasteiger partial charge in [-0.2, -0.15) is 4.31 Å². The lowest BCUT2D eigenvalue weighted by Crippen LogP contribution is -2.48. The van der Waals surface area contributed by atoms with Gasteiger partial charge < -0.3 is 9.74 Å². The Morgan fingerprint density at radius 2 is 1.79 bits per heavy atom. The number of benzene rings is 1. The molecule has 1 saturated heterocycles. The van der Waals surface area contributed by atoms with Crippen molar-refractivity contribution in [3.8, 4) is 0 Å². The van der Waals surface area contributed by atoms with Crippen LogP contribution in [0.4, 0.5) is 5.00 Å². The van der Waals surface area contributed by atoms with Gasteiger partial charge in [0.2, 0.25) is 10.0 Å². The Morgan fingerprint density at radius 3 is 2.46 bits per heavy atom. The summed E-state index contributed by atoms with van der Waals surface area (Å²) in [6.45, 7) is 2.24. The maximum atomic E-state index is 12.1. The number of piperazine rings is 1. The van der Waals surface area contributed by atoms with E-state index in [1.807, 2.05) is 42.5 Å². The Hall–Kier alpha value is -2.49. The van der Waals surface area contributed by atoms with Crippen LogP contribution in [0.5, 0.6) is 0 Å². The number of sulfonamides is 1. The molecule has 0 N–H and O–H groups in total. The van der Waals surface area contributed by atoms with Gasteiger partial charge in [-0.05, 0) is 18.2 Å². The quantitative estimate of drug-likeness (QED) is 0.563. The number of thiophene rings is 1. The molecule has 2 aliphatic rings. The van der Waals surface area contributed by atoms with Gasteiger partial charge in [0.05, 0.1) is 16.8 Å². The van der Waals surface area contributed by atoms with Crippen molar-refractivity contribution < 1.29 is 18.0 Å². The summed E-state index contributed by atoms with van der Waals surface area (Å²) in [6, 6.07) is 13.4. The van der Waals surface area contributed by atoms with Crippen molar-refractivity contribution in [1.29, 1.82) is 0 Å². The Morgan fingerprint density at radius 1 is 1.07 bits per heavy atom. The second-order valence-corrected chi connectivity index (χ2v) is 9.64. The van der Waals surface area contributed by atoms with Gasteiger partial charge in [-0.3, -0.25) is 0 Å². The molecular weight excluding hydrogens is 398 g/mol. The van der Waals surface area contributed by atoms with Crippen molar-refractivity contribution in [3.63, 3.8) is 0 Å². The molecule has 1 aromatic carbocycles. The first-order valence-electron chi connectivity index (χ1n) is 8.78. The van der Waals surface area contributed by atoms with Crippen LogP contribution in [0, 0.1) is 0 Å². The average Bonchev–Trinajstić information content (AvgIpc) is 3.30. The van der Waals surface area contributed by atoms with E-state index in [2.05, 4.69) is 10.1 Å². The molecule has 0 radical (unpaired) electrons. The molecule has 4 rings (SSSR count). The number of carbonyl (C=O) groups excluding carboxylic acids is 1. The first-order chi connectivity index (χ1) is 13.4. The molecule has 146 valence electrons. The molecule has 2 aliphatic heterocycles. The number of hydrogen-bond donors (Lipinski definition) is 0. The van der Waals surface area contributed by atoms with Crippen molar-refractivity contribution in [3.05, 3.63) is 58.5 Å². The van der Waals surface area contributed by atoms with E-state index in [1.165, 1.54) is 10.6 Å². The van der Waals surface area contributed by atoms with E-state index in [4.69, 9.17) is 4.84 Å². The molecule has 3 heterocycles. The lowest BCUT2D eigenvalue weighted by atomic mass is 10.0. The summed E-state index contributed by atoms with van der Waals surface area (Å²) < 4.78 is 24.8. The van der Waals surface area contributed by atoms with Gasteiger partial charge in [-0.1, -0.05) is 35.5 Å². The molecular formula is C19H19N3O4S2. The monoisotopic (exact) mass is 417 g/mol. The summed E-state index contributed by atoms with van der Waals surface area (Å²) in [5.41, 5.74) is 1.79. The maximum Gasteiger partial charge on any atom is 0.368 e. The molecule has 0 bridgehead atoms. The van der Waals surface area contributed by atoms with Crippen LogP contribution in [0.25, 0.3) is 6.08 Å². The molecule has 1 fully saturated rings. The zero-order valence-electron chi connectivity index (χ0n) is 15.2. The van der Waals surface area contributed by atoms with Crippen LogP contribution in [0.15, 0.2) is 53.2 Å². The van der Waals surface area contributed by atoms with Crippen LogP contribution in [0.2, 0.25) is 0 Å². The second kappa shape index (κ2) is 7.50. The highest BCUT2D eigenvalue weighted by Gasteiger charge is 2.27. The molecule has 0 atom stereocenters. The van der Waals surface area contributed by atoms with Gasteiger partial charge in [0.15, 0.2) is 0 Å². The Bertz CT molecular complexity index is 1050. The SMILES string of the molecule is CS(=O)(=O)N1CCN(c2ccc(/C=C3/C(=O)ON=C3c3ccccc3)s2)CC1. The largest absolute Gasteiger partial charge is 0.368 e. The van der Waals surface area contributed by atoms with Crippen LogP contribution >= 0.6 is 11.3 Å². The van der Waals surface area contributed by atoms with E-state index in [0.717, 1.165) is 15.4 Å². The summed E-state index contributed by atoms with van der Waals surface area (Å²) in [5, 5.41) is 4.97. The summed E-state index contributed by atoms with van der Waals surface area (Å²) >= 11 is 1.55. The van der Waals surface area contributed by atoms with Crippen LogP contribution in [0.3, 0.4) is 0 Å². The number of carbonyl (C=O) groups is 1. The first kappa shape index (κ1) is 18.9. The number of anilines is 1. The molecule has 7 nitrogen and oxygen atoms in total. The van der Waals surface area contributed by atoms with Crippen molar-refractivity contribution in [2.24, 2.45) is 5.16 Å². The van der Waals surface area contributed by atoms with E-state index in [9.17, 15) is 13.2 Å². The molecule has 0 spiro atoms. The first-order valence-corrected chi connectivity index (χ1v) is 11.4. The minimum atomic E-state index is -3.14. The molecule has 9 heteroatoms. The highest BCUT2D eigenvalue weighted by atomic mass is 32.2. The summed E-state index contributed by atoms with van der Waals surface area (Å²) in [4.78, 5) is 20.1. The highest BCUT2D eigenvalue weighted by molar-refractivity contribution is 7.88. The highest BCUT2D eigenvalue weighted by Crippen LogP contribution is 2.30. The second-order valence-electron chi connectivity index (χ2n) is 6.57. The number of rotatable bonds is 4. The third kappa shape index (κ3) is 3.87. The van der Waals surface area contributed by atoms with Gasteiger partial charge in [-0.25, -0.2) is 13.2 Å². The van der Waals surface area contributed by atoms with Gasteiger partial charge in [0, 0.05) is 36.6 Å². The van der Waals surface area contributed by atoms with Gasteiger partial charge in [-0.15, -0.1) is 11.3 Å². The minimum Gasteiger partial charge on any atom is -0.361 e. The summed E-state index contributed by atoms with van der Waals surface area (Å²) in [7, 11) is -3.14. The van der Waals surface area contributed by atoms with Crippen molar-refractivity contribution in [1.82, 2.24) is 4.31 Å². The van der Waals surface area contributed by atoms with Crippen LogP contribution in [0.1, 0.15) is 10.4 Å². The summed E-state index contributed by atoms with van der Waals surface area (Å²) in [5.74, 6) is -0.462. The molecule has 2 aromatic rings. The third-order valence-corrected chi connectivity index (χ3v) is 7.06. The Labute approximate surface area is 167 Å². The number of hydrogen-bond acceptors (Lipinski definition) is 7. The minimum absolute atomic E-state index is 0.432. The van der Waals surface area contributed by atoms with Crippen LogP contribution in [-0.4, -0.2) is 56.8 Å². The molecule has 0 saturated carbocycles. The average molecular weight is 418 g/mol. The fourth-order valence-electron chi connectivity index (χ4n) is 3.19. The predicted molar refractivity (Wildman–Crippen MR) is 110 cm³/mol. The molecule has 28 heavy (non-hydrogen) atoms. The smallest absolute Gasteiger partial charge is 0.361 e. The van der Waals surface area contributed by atoms with Gasteiger partial charge >= 0.3 is 5.97 Å². The topological polar surface area (TPSA) is 79.3 Å². The summed E-state index contributed by atoms with van der Waals surface area (Å²) in [6.07, 6.45) is 3.03. The van der Waals surface area contributed by atoms with E-state index >= 15 is 0 Å². The molecule has 0 aliphatic carbocycles. The lowest BCUT2D eigenvalue weighted by Gasteiger charge is -2.33. The fourth-order valence-corrected chi connectivity index (χ4v) is 5.01. The molecule has 0 amide bonds. The van der Waals surface area contributed by atoms with Crippen LogP contribution in [-0.2, 0) is 19.7 Å². The normalized spacial score (nSPS) is 19.8. The van der Waals surface area contributed by atoms with E-state index < -0.39 is 16.0 Å². The number of nitrogens with zero attached hydrogens (tertiary/aromatic N) is 3. The Kier molecular flexibility index (Phi) is 5.05. The molecule has 1 aromatic heterocycles. The van der Waals surface area contributed by atoms with Crippen LogP contribution < -0.4 is 4.90 Å². The molecule has 0 unspecified atom stereocenters. The zero-order chi connectivity index (χ0) is 19.7. The maximum absolute atomic E-state index is 12.1. The van der Waals surface area contributed by atoms with Crippen molar-refractivity contribution >= 4 is 44.1 Å². The Balaban J connectivity index is 1.52.